The van der Waals surface area contributed by atoms with E-state index in [-0.39, 0.29) is 11.8 Å². The number of nitriles is 1. The zero-order valence-electron chi connectivity index (χ0n) is 16.7. The van der Waals surface area contributed by atoms with Crippen molar-refractivity contribution >= 4 is 17.9 Å². The molecule has 2 unspecified atom stereocenters. The van der Waals surface area contributed by atoms with E-state index in [1.54, 1.807) is 12.3 Å². The Kier molecular flexibility index (Phi) is 4.85. The Hall–Kier alpha value is -3.41. The largest absolute Gasteiger partial charge is 0.356 e. The second kappa shape index (κ2) is 7.69. The van der Waals surface area contributed by atoms with Crippen LogP contribution in [0.5, 0.6) is 0 Å². The van der Waals surface area contributed by atoms with Gasteiger partial charge < -0.3 is 4.90 Å². The van der Waals surface area contributed by atoms with Gasteiger partial charge in [0.1, 0.15) is 35.5 Å². The lowest BCUT2D eigenvalue weighted by atomic mass is 10.0. The lowest BCUT2D eigenvalue weighted by Gasteiger charge is -2.26. The maximum atomic E-state index is 13.7. The summed E-state index contributed by atoms with van der Waals surface area (Å²) in [6.45, 7) is 1.55. The van der Waals surface area contributed by atoms with E-state index < -0.39 is 17.7 Å². The van der Waals surface area contributed by atoms with Crippen LogP contribution in [0.15, 0.2) is 35.7 Å². The van der Waals surface area contributed by atoms with Crippen LogP contribution in [-0.4, -0.2) is 40.2 Å². The number of carbonyl (C=O) groups excluding carboxylic acids is 1. The van der Waals surface area contributed by atoms with Gasteiger partial charge in [-0.15, -0.1) is 0 Å². The quantitative estimate of drug-likeness (QED) is 0.759. The third-order valence-electron chi connectivity index (χ3n) is 6.52. The summed E-state index contributed by atoms with van der Waals surface area (Å²) < 4.78 is 27.4. The molecule has 1 aliphatic carbocycles. The molecule has 1 saturated carbocycles. The third-order valence-corrected chi connectivity index (χ3v) is 6.52. The Morgan fingerprint density at radius 1 is 1.06 bits per heavy atom. The highest BCUT2D eigenvalue weighted by molar-refractivity contribution is 5.82. The first-order valence-corrected chi connectivity index (χ1v) is 10.3. The maximum absolute atomic E-state index is 13.7. The minimum atomic E-state index is -0.658. The summed E-state index contributed by atoms with van der Waals surface area (Å²) in [4.78, 5) is 23.6. The van der Waals surface area contributed by atoms with Crippen LogP contribution in [0.4, 0.5) is 14.6 Å². The van der Waals surface area contributed by atoms with E-state index in [0.717, 1.165) is 37.8 Å². The standard InChI is InChI=1S/C22H20F2N6O/c23-17-5-13(6-18(24)7-17)20-1-2-28-30(20)22(31)14-3-15-10-29(11-16(15)4-14)21-8-19(9-25)26-12-27-21/h2,5-8,12,14-16,20H,1,3-4,10-11H2/t14?,15-,16+,20?. The molecule has 1 saturated heterocycles. The van der Waals surface area contributed by atoms with Gasteiger partial charge in [0.05, 0.1) is 6.04 Å². The van der Waals surface area contributed by atoms with E-state index in [1.165, 1.54) is 23.5 Å². The van der Waals surface area contributed by atoms with Crippen molar-refractivity contribution in [2.75, 3.05) is 18.0 Å². The summed E-state index contributed by atoms with van der Waals surface area (Å²) in [5.74, 6) is -0.118. The van der Waals surface area contributed by atoms with Crippen LogP contribution >= 0.6 is 0 Å². The van der Waals surface area contributed by atoms with E-state index in [0.29, 0.717) is 29.5 Å². The summed E-state index contributed by atoms with van der Waals surface area (Å²) in [5, 5.41) is 14.7. The fourth-order valence-electron chi connectivity index (χ4n) is 5.13. The van der Waals surface area contributed by atoms with Crippen LogP contribution < -0.4 is 4.90 Å². The number of fused-ring (bicyclic) bond motifs is 1. The predicted octanol–water partition coefficient (Wildman–Crippen LogP) is 3.05. The topological polar surface area (TPSA) is 85.5 Å². The van der Waals surface area contributed by atoms with Gasteiger partial charge in [-0.2, -0.15) is 10.4 Å². The molecule has 7 nitrogen and oxygen atoms in total. The zero-order valence-corrected chi connectivity index (χ0v) is 16.7. The predicted molar refractivity (Wildman–Crippen MR) is 108 cm³/mol. The lowest BCUT2D eigenvalue weighted by molar-refractivity contribution is -0.137. The van der Waals surface area contributed by atoms with E-state index in [9.17, 15) is 13.6 Å². The number of aromatic nitrogens is 2. The first kappa shape index (κ1) is 19.5. The number of hydrogen-bond donors (Lipinski definition) is 0. The van der Waals surface area contributed by atoms with Gasteiger partial charge in [0.25, 0.3) is 0 Å². The molecule has 3 aliphatic rings. The number of nitrogens with zero attached hydrogens (tertiary/aromatic N) is 6. The highest BCUT2D eigenvalue weighted by Gasteiger charge is 2.46. The Morgan fingerprint density at radius 2 is 1.77 bits per heavy atom. The number of halogens is 2. The molecule has 9 heteroatoms. The van der Waals surface area contributed by atoms with Gasteiger partial charge in [0.15, 0.2) is 0 Å². The lowest BCUT2D eigenvalue weighted by Crippen LogP contribution is -2.33. The van der Waals surface area contributed by atoms with Crippen LogP contribution in [-0.2, 0) is 4.79 Å². The van der Waals surface area contributed by atoms with Gasteiger partial charge in [-0.1, -0.05) is 0 Å². The molecule has 2 aromatic rings. The minimum Gasteiger partial charge on any atom is -0.356 e. The smallest absolute Gasteiger partial charge is 0.246 e. The number of anilines is 1. The van der Waals surface area contributed by atoms with Crippen LogP contribution in [0.3, 0.4) is 0 Å². The summed E-state index contributed by atoms with van der Waals surface area (Å²) in [5.41, 5.74) is 0.756. The van der Waals surface area contributed by atoms with Gasteiger partial charge in [-0.3, -0.25) is 4.79 Å². The molecule has 0 spiro atoms. The average molecular weight is 422 g/mol. The van der Waals surface area contributed by atoms with Crippen molar-refractivity contribution in [1.29, 1.82) is 5.26 Å². The third kappa shape index (κ3) is 3.63. The number of carbonyl (C=O) groups is 1. The zero-order chi connectivity index (χ0) is 21.5. The van der Waals surface area contributed by atoms with E-state index >= 15 is 0 Å². The molecule has 1 aromatic heterocycles. The number of benzene rings is 1. The van der Waals surface area contributed by atoms with Crippen LogP contribution in [0, 0.1) is 40.7 Å². The molecule has 0 radical (unpaired) electrons. The van der Waals surface area contributed by atoms with Crippen molar-refractivity contribution in [1.82, 2.24) is 15.0 Å². The molecule has 4 atom stereocenters. The molecular formula is C22H20F2N6O. The number of rotatable bonds is 3. The molecule has 0 N–H and O–H groups in total. The van der Waals surface area contributed by atoms with Crippen LogP contribution in [0.25, 0.3) is 0 Å². The van der Waals surface area contributed by atoms with Crippen LogP contribution in [0.1, 0.15) is 36.6 Å². The molecule has 158 valence electrons. The number of amides is 1. The molecule has 1 aromatic carbocycles. The maximum Gasteiger partial charge on any atom is 0.246 e. The molecule has 31 heavy (non-hydrogen) atoms. The molecule has 2 aliphatic heterocycles. The first-order valence-electron chi connectivity index (χ1n) is 10.3. The average Bonchev–Trinajstić information content (AvgIpc) is 3.47. The second-order valence-electron chi connectivity index (χ2n) is 8.40. The highest BCUT2D eigenvalue weighted by atomic mass is 19.1. The Bertz CT molecular complexity index is 1070. The van der Waals surface area contributed by atoms with Crippen LogP contribution in [0.2, 0.25) is 0 Å². The van der Waals surface area contributed by atoms with Crippen molar-refractivity contribution in [2.45, 2.75) is 25.3 Å². The molecule has 0 bridgehead atoms. The minimum absolute atomic E-state index is 0.0850. The summed E-state index contributed by atoms with van der Waals surface area (Å²) in [6.07, 6.45) is 4.95. The van der Waals surface area contributed by atoms with Crippen molar-refractivity contribution < 1.29 is 13.6 Å². The van der Waals surface area contributed by atoms with Gasteiger partial charge in [0, 0.05) is 43.8 Å². The fraction of sp³-hybridized carbons (Fsp3) is 0.409. The van der Waals surface area contributed by atoms with E-state index in [2.05, 4.69) is 20.0 Å². The monoisotopic (exact) mass is 422 g/mol. The molecule has 2 fully saturated rings. The van der Waals surface area contributed by atoms with Gasteiger partial charge >= 0.3 is 0 Å². The molecule has 1 amide bonds. The van der Waals surface area contributed by atoms with E-state index in [4.69, 9.17) is 5.26 Å². The van der Waals surface area contributed by atoms with Crippen molar-refractivity contribution in [3.63, 3.8) is 0 Å². The molecule has 3 heterocycles. The van der Waals surface area contributed by atoms with Crippen molar-refractivity contribution in [3.8, 4) is 6.07 Å². The summed E-state index contributed by atoms with van der Waals surface area (Å²) in [7, 11) is 0. The Morgan fingerprint density at radius 3 is 2.45 bits per heavy atom. The van der Waals surface area contributed by atoms with Gasteiger partial charge in [-0.05, 0) is 42.4 Å². The fourth-order valence-corrected chi connectivity index (χ4v) is 5.13. The Labute approximate surface area is 178 Å². The van der Waals surface area contributed by atoms with Gasteiger partial charge in [0.2, 0.25) is 5.91 Å². The second-order valence-corrected chi connectivity index (χ2v) is 8.40. The van der Waals surface area contributed by atoms with E-state index in [1.807, 2.05) is 6.07 Å². The molecule has 5 rings (SSSR count). The number of hydrazone groups is 1. The first-order chi connectivity index (χ1) is 15.0. The van der Waals surface area contributed by atoms with Crippen molar-refractivity contribution in [2.24, 2.45) is 22.9 Å². The molecular weight excluding hydrogens is 402 g/mol. The summed E-state index contributed by atoms with van der Waals surface area (Å²) in [6, 6.07) is 6.60. The Balaban J connectivity index is 1.26. The SMILES string of the molecule is N#Cc1cc(N2C[C@H]3CC(C(=O)N4N=CCC4c4cc(F)cc(F)c4)C[C@H]3C2)ncn1. The number of hydrogen-bond acceptors (Lipinski definition) is 6. The van der Waals surface area contributed by atoms with Crippen molar-refractivity contribution in [3.05, 3.63) is 53.5 Å². The van der Waals surface area contributed by atoms with Gasteiger partial charge in [-0.25, -0.2) is 23.8 Å². The normalized spacial score (nSPS) is 26.9. The highest BCUT2D eigenvalue weighted by Crippen LogP contribution is 2.44. The summed E-state index contributed by atoms with van der Waals surface area (Å²) >= 11 is 0.